The van der Waals surface area contributed by atoms with Crippen LogP contribution in [0.15, 0.2) is 25.0 Å². The predicted octanol–water partition coefficient (Wildman–Crippen LogP) is 1.70. The highest BCUT2D eigenvalue weighted by Gasteiger charge is 2.24. The first-order valence-electron chi connectivity index (χ1n) is 7.31. The lowest BCUT2D eigenvalue weighted by Crippen LogP contribution is -2.35. The fourth-order valence-corrected chi connectivity index (χ4v) is 2.59. The highest BCUT2D eigenvalue weighted by atomic mass is 16.5. The van der Waals surface area contributed by atoms with Crippen molar-refractivity contribution in [2.45, 2.75) is 38.8 Å². The van der Waals surface area contributed by atoms with Crippen LogP contribution in [0.3, 0.4) is 0 Å². The minimum Gasteiger partial charge on any atom is -0.472 e. The van der Waals surface area contributed by atoms with Gasteiger partial charge in [-0.1, -0.05) is 0 Å². The average Bonchev–Trinajstić information content (AvgIpc) is 3.02. The Morgan fingerprint density at radius 2 is 1.95 bits per heavy atom. The van der Waals surface area contributed by atoms with Crippen LogP contribution >= 0.6 is 0 Å². The lowest BCUT2D eigenvalue weighted by Gasteiger charge is -2.33. The van der Waals surface area contributed by atoms with Gasteiger partial charge in [-0.2, -0.15) is 5.10 Å². The van der Waals surface area contributed by atoms with Crippen molar-refractivity contribution in [3.63, 3.8) is 0 Å². The number of nitrogens with zero attached hydrogens (tertiary/aromatic N) is 6. The van der Waals surface area contributed by atoms with Gasteiger partial charge in [-0.3, -0.25) is 0 Å². The molecule has 0 aliphatic carbocycles. The summed E-state index contributed by atoms with van der Waals surface area (Å²) < 4.78 is 7.70. The normalized spacial score (nSPS) is 16.4. The van der Waals surface area contributed by atoms with Gasteiger partial charge in [-0.15, -0.1) is 0 Å². The molecule has 1 saturated heterocycles. The van der Waals surface area contributed by atoms with Crippen LogP contribution in [-0.4, -0.2) is 43.9 Å². The third-order valence-electron chi connectivity index (χ3n) is 3.57. The van der Waals surface area contributed by atoms with Crippen molar-refractivity contribution >= 4 is 5.82 Å². The first kappa shape index (κ1) is 13.8. The highest BCUT2D eigenvalue weighted by molar-refractivity contribution is 5.48. The summed E-state index contributed by atoms with van der Waals surface area (Å²) in [5.41, 5.74) is 0. The van der Waals surface area contributed by atoms with Gasteiger partial charge in [-0.05, 0) is 26.7 Å². The molecule has 0 radical (unpaired) electrons. The maximum atomic E-state index is 5.75. The Balaban J connectivity index is 1.69. The highest BCUT2D eigenvalue weighted by Crippen LogP contribution is 2.29. The van der Waals surface area contributed by atoms with Crippen molar-refractivity contribution in [3.05, 3.63) is 25.0 Å². The van der Waals surface area contributed by atoms with Crippen LogP contribution in [0.2, 0.25) is 0 Å². The summed E-state index contributed by atoms with van der Waals surface area (Å²) >= 11 is 0. The fourth-order valence-electron chi connectivity index (χ4n) is 2.59. The minimum atomic E-state index is 0.0909. The van der Waals surface area contributed by atoms with Gasteiger partial charge < -0.3 is 9.64 Å². The molecule has 1 fully saturated rings. The maximum Gasteiger partial charge on any atom is 0.257 e. The number of ether oxygens (including phenoxy) is 1. The molecule has 0 saturated carbocycles. The minimum absolute atomic E-state index is 0.0909. The van der Waals surface area contributed by atoms with Crippen LogP contribution in [0.5, 0.6) is 5.88 Å². The molecular weight excluding hydrogens is 268 g/mol. The van der Waals surface area contributed by atoms with Crippen molar-refractivity contribution < 1.29 is 4.74 Å². The quantitative estimate of drug-likeness (QED) is 0.853. The summed E-state index contributed by atoms with van der Waals surface area (Å²) in [7, 11) is 0. The summed E-state index contributed by atoms with van der Waals surface area (Å²) in [4.78, 5) is 15.0. The second-order valence-corrected chi connectivity index (χ2v) is 5.45. The topological polar surface area (TPSA) is 69.0 Å². The van der Waals surface area contributed by atoms with Crippen molar-refractivity contribution in [1.29, 1.82) is 0 Å². The van der Waals surface area contributed by atoms with Gasteiger partial charge >= 0.3 is 0 Å². The van der Waals surface area contributed by atoms with E-state index in [-0.39, 0.29) is 6.10 Å². The Morgan fingerprint density at radius 3 is 2.62 bits per heavy atom. The largest absolute Gasteiger partial charge is 0.472 e. The lowest BCUT2D eigenvalue weighted by atomic mass is 10.1. The van der Waals surface area contributed by atoms with Gasteiger partial charge in [0.15, 0.2) is 5.82 Å². The molecule has 1 aliphatic heterocycles. The van der Waals surface area contributed by atoms with E-state index in [9.17, 15) is 0 Å². The molecule has 0 unspecified atom stereocenters. The van der Waals surface area contributed by atoms with Crippen molar-refractivity contribution in [3.8, 4) is 5.88 Å². The first-order chi connectivity index (χ1) is 10.2. The van der Waals surface area contributed by atoms with Gasteiger partial charge in [0.25, 0.3) is 5.88 Å². The van der Waals surface area contributed by atoms with Crippen LogP contribution < -0.4 is 9.64 Å². The number of hydrogen-bond donors (Lipinski definition) is 0. The monoisotopic (exact) mass is 288 g/mol. The Bertz CT molecular complexity index is 563. The van der Waals surface area contributed by atoms with Gasteiger partial charge in [-0.25, -0.2) is 19.6 Å². The van der Waals surface area contributed by atoms with Crippen LogP contribution in [0, 0.1) is 0 Å². The molecule has 3 heterocycles. The van der Waals surface area contributed by atoms with E-state index in [2.05, 4.69) is 25.0 Å². The lowest BCUT2D eigenvalue weighted by molar-refractivity contribution is 0.231. The Labute approximate surface area is 124 Å². The van der Waals surface area contributed by atoms with Gasteiger partial charge in [0.05, 0.1) is 12.1 Å². The molecule has 0 bridgehead atoms. The SMILES string of the molecule is CC(C)Oc1nccnc1N1CCC(n2cncn2)CC1. The predicted molar refractivity (Wildman–Crippen MR) is 78.3 cm³/mol. The van der Waals surface area contributed by atoms with E-state index < -0.39 is 0 Å². The van der Waals surface area contributed by atoms with Crippen molar-refractivity contribution in [2.75, 3.05) is 18.0 Å². The van der Waals surface area contributed by atoms with Crippen LogP contribution in [0.1, 0.15) is 32.7 Å². The van der Waals surface area contributed by atoms with E-state index in [1.165, 1.54) is 0 Å². The summed E-state index contributed by atoms with van der Waals surface area (Å²) in [5, 5.41) is 4.23. The number of piperidine rings is 1. The summed E-state index contributed by atoms with van der Waals surface area (Å²) in [6.07, 6.45) is 8.88. The van der Waals surface area contributed by atoms with E-state index in [0.29, 0.717) is 11.9 Å². The molecule has 1 aliphatic rings. The second kappa shape index (κ2) is 6.07. The molecule has 3 rings (SSSR count). The molecule has 0 amide bonds. The van der Waals surface area contributed by atoms with E-state index in [1.807, 2.05) is 18.5 Å². The molecule has 112 valence electrons. The van der Waals surface area contributed by atoms with E-state index in [4.69, 9.17) is 4.74 Å². The molecule has 2 aromatic heterocycles. The Hall–Kier alpha value is -2.18. The zero-order valence-electron chi connectivity index (χ0n) is 12.4. The van der Waals surface area contributed by atoms with Crippen molar-refractivity contribution in [2.24, 2.45) is 0 Å². The fraction of sp³-hybridized carbons (Fsp3) is 0.571. The zero-order valence-corrected chi connectivity index (χ0v) is 12.4. The number of rotatable bonds is 4. The molecule has 2 aromatic rings. The molecule has 0 N–H and O–H groups in total. The van der Waals surface area contributed by atoms with E-state index >= 15 is 0 Å². The zero-order chi connectivity index (χ0) is 14.7. The summed E-state index contributed by atoms with van der Waals surface area (Å²) in [6, 6.07) is 0.412. The van der Waals surface area contributed by atoms with Gasteiger partial charge in [0.1, 0.15) is 12.7 Å². The second-order valence-electron chi connectivity index (χ2n) is 5.45. The molecule has 0 aromatic carbocycles. The number of aromatic nitrogens is 5. The standard InChI is InChI=1S/C14H20N6O/c1-11(2)21-14-13(16-5-6-17-14)19-7-3-12(4-8-19)20-10-15-9-18-20/h5-6,9-12H,3-4,7-8H2,1-2H3. The first-order valence-corrected chi connectivity index (χ1v) is 7.31. The van der Waals surface area contributed by atoms with Crippen LogP contribution in [0.25, 0.3) is 0 Å². The molecule has 0 spiro atoms. The third kappa shape index (κ3) is 3.12. The summed E-state index contributed by atoms with van der Waals surface area (Å²) in [5.74, 6) is 1.45. The van der Waals surface area contributed by atoms with Crippen LogP contribution in [-0.2, 0) is 0 Å². The maximum absolute atomic E-state index is 5.75. The van der Waals surface area contributed by atoms with Crippen LogP contribution in [0.4, 0.5) is 5.82 Å². The van der Waals surface area contributed by atoms with Crippen molar-refractivity contribution in [1.82, 2.24) is 24.7 Å². The molecule has 7 nitrogen and oxygen atoms in total. The molecule has 7 heteroatoms. The van der Waals surface area contributed by atoms with Gasteiger partial charge in [0, 0.05) is 25.5 Å². The Kier molecular flexibility index (Phi) is 3.98. The Morgan fingerprint density at radius 1 is 1.19 bits per heavy atom. The number of anilines is 1. The molecule has 0 atom stereocenters. The van der Waals surface area contributed by atoms with Gasteiger partial charge in [0.2, 0.25) is 0 Å². The molecular formula is C14H20N6O. The third-order valence-corrected chi connectivity index (χ3v) is 3.57. The average molecular weight is 288 g/mol. The number of hydrogen-bond acceptors (Lipinski definition) is 6. The smallest absolute Gasteiger partial charge is 0.257 e. The molecule has 21 heavy (non-hydrogen) atoms. The summed E-state index contributed by atoms with van der Waals surface area (Å²) in [6.45, 7) is 5.82. The van der Waals surface area contributed by atoms with E-state index in [0.717, 1.165) is 31.7 Å². The van der Waals surface area contributed by atoms with E-state index in [1.54, 1.807) is 25.0 Å².